The van der Waals surface area contributed by atoms with Crippen molar-refractivity contribution in [3.05, 3.63) is 36.2 Å². The Morgan fingerprint density at radius 1 is 1.50 bits per heavy atom. The Kier molecular flexibility index (Phi) is 1.71. The highest BCUT2D eigenvalue weighted by Crippen LogP contribution is 2.15. The van der Waals surface area contributed by atoms with Crippen molar-refractivity contribution in [2.24, 2.45) is 0 Å². The van der Waals surface area contributed by atoms with Crippen molar-refractivity contribution in [1.82, 2.24) is 0 Å². The normalized spacial score (nSPS) is 9.30. The molecular formula is C8H7O2. The summed E-state index contributed by atoms with van der Waals surface area (Å²) in [5, 5.41) is 9.02. The van der Waals surface area contributed by atoms with Crippen LogP contribution in [0.1, 0.15) is 15.9 Å². The number of phenolic OH excluding ortho intramolecular Hbond substituents is 1. The zero-order chi connectivity index (χ0) is 7.56. The molecular weight excluding hydrogens is 128 g/mol. The molecule has 0 aliphatic heterocycles. The highest BCUT2D eigenvalue weighted by molar-refractivity contribution is 5.79. The molecule has 0 heterocycles. The maximum Gasteiger partial charge on any atom is 0.153 e. The van der Waals surface area contributed by atoms with Crippen LogP contribution in [0.3, 0.4) is 0 Å². The standard InChI is InChI=1S/C8H7O2/c1-6-2-3-7(5-9)8(10)4-6/h2-5,10H,1H2. The average Bonchev–Trinajstić information content (AvgIpc) is 1.88. The van der Waals surface area contributed by atoms with Crippen LogP contribution in [-0.4, -0.2) is 11.4 Å². The molecule has 2 heteroatoms. The maximum atomic E-state index is 10.2. The van der Waals surface area contributed by atoms with Crippen LogP contribution in [0.2, 0.25) is 0 Å². The number of phenols is 1. The molecule has 0 fully saturated rings. The van der Waals surface area contributed by atoms with Crippen LogP contribution in [0.25, 0.3) is 0 Å². The predicted molar refractivity (Wildman–Crippen MR) is 38.0 cm³/mol. The lowest BCUT2D eigenvalue weighted by molar-refractivity contribution is 0.112. The molecule has 0 atom stereocenters. The van der Waals surface area contributed by atoms with Gasteiger partial charge in [-0.2, -0.15) is 0 Å². The molecule has 1 rings (SSSR count). The van der Waals surface area contributed by atoms with Gasteiger partial charge in [0.1, 0.15) is 5.75 Å². The van der Waals surface area contributed by atoms with Gasteiger partial charge in [-0.1, -0.05) is 6.07 Å². The molecule has 0 unspecified atom stereocenters. The Hall–Kier alpha value is -1.31. The third-order valence-corrected chi connectivity index (χ3v) is 1.22. The Balaban J connectivity index is 3.19. The van der Waals surface area contributed by atoms with Gasteiger partial charge >= 0.3 is 0 Å². The van der Waals surface area contributed by atoms with Crippen molar-refractivity contribution in [1.29, 1.82) is 0 Å². The number of carbonyl (C=O) groups excluding carboxylic acids is 1. The minimum absolute atomic E-state index is 0.0116. The number of hydrogen-bond acceptors (Lipinski definition) is 2. The van der Waals surface area contributed by atoms with Crippen molar-refractivity contribution in [3.8, 4) is 5.75 Å². The lowest BCUT2D eigenvalue weighted by Gasteiger charge is -1.96. The minimum atomic E-state index is -0.0116. The van der Waals surface area contributed by atoms with Crippen molar-refractivity contribution in [3.63, 3.8) is 0 Å². The first-order valence-electron chi connectivity index (χ1n) is 2.84. The topological polar surface area (TPSA) is 37.3 Å². The number of hydrogen-bond donors (Lipinski definition) is 1. The first kappa shape index (κ1) is 6.81. The molecule has 1 aromatic carbocycles. The van der Waals surface area contributed by atoms with Gasteiger partial charge in [0.25, 0.3) is 0 Å². The molecule has 51 valence electrons. The fraction of sp³-hybridized carbons (Fsp3) is 0. The van der Waals surface area contributed by atoms with Gasteiger partial charge < -0.3 is 5.11 Å². The molecule has 0 bridgehead atoms. The van der Waals surface area contributed by atoms with E-state index < -0.39 is 0 Å². The summed E-state index contributed by atoms with van der Waals surface area (Å²) < 4.78 is 0. The second kappa shape index (κ2) is 2.52. The molecule has 0 saturated heterocycles. The van der Waals surface area contributed by atoms with E-state index in [1.165, 1.54) is 12.1 Å². The van der Waals surface area contributed by atoms with Gasteiger partial charge in [-0.05, 0) is 24.6 Å². The van der Waals surface area contributed by atoms with E-state index in [0.29, 0.717) is 17.4 Å². The summed E-state index contributed by atoms with van der Waals surface area (Å²) in [5.41, 5.74) is 0.996. The van der Waals surface area contributed by atoms with Crippen LogP contribution >= 0.6 is 0 Å². The predicted octanol–water partition coefficient (Wildman–Crippen LogP) is 1.39. The second-order valence-corrected chi connectivity index (χ2v) is 2.01. The fourth-order valence-electron chi connectivity index (χ4n) is 0.689. The van der Waals surface area contributed by atoms with E-state index in [2.05, 4.69) is 6.92 Å². The van der Waals surface area contributed by atoms with Gasteiger partial charge in [0.05, 0.1) is 5.56 Å². The molecule has 0 amide bonds. The summed E-state index contributed by atoms with van der Waals surface area (Å²) in [6.45, 7) is 3.58. The fourth-order valence-corrected chi connectivity index (χ4v) is 0.689. The number of aldehydes is 1. The van der Waals surface area contributed by atoms with Crippen LogP contribution in [0.4, 0.5) is 0 Å². The Morgan fingerprint density at radius 2 is 2.20 bits per heavy atom. The molecule has 10 heavy (non-hydrogen) atoms. The van der Waals surface area contributed by atoms with Crippen molar-refractivity contribution >= 4 is 6.29 Å². The van der Waals surface area contributed by atoms with Gasteiger partial charge in [0.2, 0.25) is 0 Å². The maximum absolute atomic E-state index is 10.2. The Labute approximate surface area is 59.1 Å². The molecule has 0 aliphatic rings. The smallest absolute Gasteiger partial charge is 0.153 e. The zero-order valence-corrected chi connectivity index (χ0v) is 5.37. The minimum Gasteiger partial charge on any atom is -0.507 e. The molecule has 2 nitrogen and oxygen atoms in total. The van der Waals surface area contributed by atoms with Crippen LogP contribution in [-0.2, 0) is 0 Å². The summed E-state index contributed by atoms with van der Waals surface area (Å²) >= 11 is 0. The lowest BCUT2D eigenvalue weighted by Crippen LogP contribution is -1.80. The number of aromatic hydroxyl groups is 1. The van der Waals surface area contributed by atoms with Crippen LogP contribution in [0, 0.1) is 6.92 Å². The summed E-state index contributed by atoms with van der Waals surface area (Å²) in [4.78, 5) is 10.2. The lowest BCUT2D eigenvalue weighted by atomic mass is 10.1. The molecule has 1 N–H and O–H groups in total. The Morgan fingerprint density at radius 3 is 2.70 bits per heavy atom. The van der Waals surface area contributed by atoms with Crippen LogP contribution < -0.4 is 0 Å². The molecule has 0 saturated carbocycles. The van der Waals surface area contributed by atoms with Crippen molar-refractivity contribution < 1.29 is 9.90 Å². The monoisotopic (exact) mass is 135 g/mol. The SMILES string of the molecule is [CH2]c1ccc(C=O)c(O)c1. The van der Waals surface area contributed by atoms with Gasteiger partial charge in [0.15, 0.2) is 6.29 Å². The van der Waals surface area contributed by atoms with Gasteiger partial charge in [-0.15, -0.1) is 0 Å². The summed E-state index contributed by atoms with van der Waals surface area (Å²) in [7, 11) is 0. The number of benzene rings is 1. The first-order valence-corrected chi connectivity index (χ1v) is 2.84. The molecule has 0 spiro atoms. The van der Waals surface area contributed by atoms with E-state index >= 15 is 0 Å². The van der Waals surface area contributed by atoms with Crippen LogP contribution in [0.15, 0.2) is 18.2 Å². The molecule has 0 aromatic heterocycles. The first-order chi connectivity index (χ1) is 4.74. The van der Waals surface area contributed by atoms with Gasteiger partial charge in [-0.25, -0.2) is 0 Å². The molecule has 0 aliphatic carbocycles. The van der Waals surface area contributed by atoms with Gasteiger partial charge in [-0.3, -0.25) is 4.79 Å². The largest absolute Gasteiger partial charge is 0.507 e. The van der Waals surface area contributed by atoms with E-state index in [1.54, 1.807) is 6.07 Å². The van der Waals surface area contributed by atoms with Crippen molar-refractivity contribution in [2.75, 3.05) is 0 Å². The summed E-state index contributed by atoms with van der Waals surface area (Å²) in [6, 6.07) is 4.65. The van der Waals surface area contributed by atoms with E-state index in [-0.39, 0.29) is 5.75 Å². The second-order valence-electron chi connectivity index (χ2n) is 2.01. The van der Waals surface area contributed by atoms with Gasteiger partial charge in [0, 0.05) is 0 Å². The average molecular weight is 135 g/mol. The van der Waals surface area contributed by atoms with Crippen molar-refractivity contribution in [2.45, 2.75) is 0 Å². The van der Waals surface area contributed by atoms with E-state index in [9.17, 15) is 4.79 Å². The van der Waals surface area contributed by atoms with E-state index in [1.807, 2.05) is 0 Å². The highest BCUT2D eigenvalue weighted by atomic mass is 16.3. The van der Waals surface area contributed by atoms with E-state index in [0.717, 1.165) is 0 Å². The third-order valence-electron chi connectivity index (χ3n) is 1.22. The van der Waals surface area contributed by atoms with E-state index in [4.69, 9.17) is 5.11 Å². The highest BCUT2D eigenvalue weighted by Gasteiger charge is 1.96. The summed E-state index contributed by atoms with van der Waals surface area (Å²) in [5.74, 6) is -0.0116. The quantitative estimate of drug-likeness (QED) is 0.591. The molecule has 1 radical (unpaired) electrons. The molecule has 1 aromatic rings. The summed E-state index contributed by atoms with van der Waals surface area (Å²) in [6.07, 6.45) is 0.606. The van der Waals surface area contributed by atoms with Crippen LogP contribution in [0.5, 0.6) is 5.75 Å². The number of carbonyl (C=O) groups is 1. The third kappa shape index (κ3) is 1.16. The number of rotatable bonds is 1. The Bertz CT molecular complexity index is 253. The zero-order valence-electron chi connectivity index (χ0n) is 5.37.